The van der Waals surface area contributed by atoms with Gasteiger partial charge in [-0.05, 0) is 19.8 Å². The second-order valence-electron chi connectivity index (χ2n) is 3.80. The third-order valence-electron chi connectivity index (χ3n) is 2.58. The Labute approximate surface area is 69.8 Å². The van der Waals surface area contributed by atoms with Gasteiger partial charge >= 0.3 is 0 Å². The summed E-state index contributed by atoms with van der Waals surface area (Å²) in [4.78, 5) is 2.45. The highest BCUT2D eigenvalue weighted by molar-refractivity contribution is 5.01. The molecule has 1 fully saturated rings. The molecule has 2 atom stereocenters. The van der Waals surface area contributed by atoms with Crippen LogP contribution in [0.25, 0.3) is 0 Å². The zero-order chi connectivity index (χ0) is 8.43. The first-order valence-corrected chi connectivity index (χ1v) is 4.35. The predicted octanol–water partition coefficient (Wildman–Crippen LogP) is 1.60. The average Bonchev–Trinajstić information content (AvgIpc) is 2.31. The Balaban J connectivity index is 2.51. The van der Waals surface area contributed by atoms with Gasteiger partial charge in [0.1, 0.15) is 0 Å². The van der Waals surface area contributed by atoms with Crippen LogP contribution in [0.5, 0.6) is 0 Å². The summed E-state index contributed by atoms with van der Waals surface area (Å²) in [7, 11) is 0. The van der Waals surface area contributed by atoms with E-state index in [0.717, 1.165) is 6.54 Å². The highest BCUT2D eigenvalue weighted by Gasteiger charge is 2.28. The molecule has 0 unspecified atom stereocenters. The summed E-state index contributed by atoms with van der Waals surface area (Å²) in [6.45, 7) is 8.96. The van der Waals surface area contributed by atoms with Crippen molar-refractivity contribution in [1.29, 1.82) is 0 Å². The van der Waals surface area contributed by atoms with E-state index in [4.69, 9.17) is 6.42 Å². The number of hydrogen-bond donors (Lipinski definition) is 0. The number of likely N-dealkylation sites (tertiary alicyclic amines) is 1. The molecule has 1 nitrogen and oxygen atoms in total. The zero-order valence-electron chi connectivity index (χ0n) is 7.67. The van der Waals surface area contributed by atoms with Crippen LogP contribution in [0.1, 0.15) is 20.8 Å². The molecule has 1 saturated heterocycles. The molecule has 0 aromatic rings. The average molecular weight is 151 g/mol. The van der Waals surface area contributed by atoms with E-state index in [2.05, 4.69) is 31.6 Å². The Morgan fingerprint density at radius 2 is 2.09 bits per heavy atom. The fraction of sp³-hybridized carbons (Fsp3) is 0.800. The molecule has 0 N–H and O–H groups in total. The van der Waals surface area contributed by atoms with Gasteiger partial charge in [-0.2, -0.15) is 0 Å². The van der Waals surface area contributed by atoms with Gasteiger partial charge in [0.15, 0.2) is 0 Å². The van der Waals surface area contributed by atoms with Crippen LogP contribution < -0.4 is 0 Å². The van der Waals surface area contributed by atoms with E-state index in [1.807, 2.05) is 0 Å². The molecule has 1 rings (SSSR count). The maximum Gasteiger partial charge on any atom is 0.0365 e. The van der Waals surface area contributed by atoms with E-state index in [1.54, 1.807) is 0 Å². The molecule has 0 aromatic heterocycles. The van der Waals surface area contributed by atoms with Crippen LogP contribution in [0.15, 0.2) is 0 Å². The molecule has 1 aliphatic heterocycles. The summed E-state index contributed by atoms with van der Waals surface area (Å²) >= 11 is 0. The molecule has 0 amide bonds. The molecular formula is C10H17N. The lowest BCUT2D eigenvalue weighted by Gasteiger charge is -2.19. The van der Waals surface area contributed by atoms with E-state index < -0.39 is 0 Å². The van der Waals surface area contributed by atoms with Crippen molar-refractivity contribution >= 4 is 0 Å². The fourth-order valence-electron chi connectivity index (χ4n) is 1.64. The fourth-order valence-corrected chi connectivity index (χ4v) is 1.64. The van der Waals surface area contributed by atoms with Gasteiger partial charge in [-0.25, -0.2) is 0 Å². The lowest BCUT2D eigenvalue weighted by molar-refractivity contribution is 0.265. The van der Waals surface area contributed by atoms with Gasteiger partial charge in [0.25, 0.3) is 0 Å². The molecule has 0 radical (unpaired) electrons. The van der Waals surface area contributed by atoms with E-state index >= 15 is 0 Å². The number of terminal acetylenes is 1. The largest absolute Gasteiger partial charge is 0.299 e. The van der Waals surface area contributed by atoms with Gasteiger partial charge in [-0.3, -0.25) is 4.90 Å². The van der Waals surface area contributed by atoms with Crippen LogP contribution in [0, 0.1) is 24.2 Å². The molecule has 0 bridgehead atoms. The third-order valence-corrected chi connectivity index (χ3v) is 2.58. The molecule has 0 spiro atoms. The van der Waals surface area contributed by atoms with Crippen LogP contribution in [0.3, 0.4) is 0 Å². The maximum atomic E-state index is 5.41. The second kappa shape index (κ2) is 3.28. The van der Waals surface area contributed by atoms with Gasteiger partial charge < -0.3 is 0 Å². The molecule has 0 aliphatic carbocycles. The highest BCUT2D eigenvalue weighted by atomic mass is 15.2. The monoisotopic (exact) mass is 151 g/mol. The van der Waals surface area contributed by atoms with E-state index in [1.165, 1.54) is 6.54 Å². The van der Waals surface area contributed by atoms with E-state index in [0.29, 0.717) is 17.9 Å². The number of rotatable bonds is 1. The summed E-state index contributed by atoms with van der Waals surface area (Å²) in [5, 5.41) is 0. The Bertz CT molecular complexity index is 166. The quantitative estimate of drug-likeness (QED) is 0.514. The highest BCUT2D eigenvalue weighted by Crippen LogP contribution is 2.23. The predicted molar refractivity (Wildman–Crippen MR) is 48.2 cm³/mol. The van der Waals surface area contributed by atoms with Crippen LogP contribution in [-0.2, 0) is 0 Å². The van der Waals surface area contributed by atoms with Gasteiger partial charge in [-0.15, -0.1) is 12.3 Å². The minimum Gasteiger partial charge on any atom is -0.299 e. The normalized spacial score (nSPS) is 32.6. The smallest absolute Gasteiger partial charge is 0.0365 e. The lowest BCUT2D eigenvalue weighted by Crippen LogP contribution is -2.28. The molecule has 0 saturated carbocycles. The van der Waals surface area contributed by atoms with Gasteiger partial charge in [0.05, 0.1) is 0 Å². The van der Waals surface area contributed by atoms with Crippen LogP contribution in [0.4, 0.5) is 0 Å². The van der Waals surface area contributed by atoms with Crippen molar-refractivity contribution in [2.24, 2.45) is 11.8 Å². The Hall–Kier alpha value is -0.480. The van der Waals surface area contributed by atoms with Crippen LogP contribution in [-0.4, -0.2) is 24.0 Å². The van der Waals surface area contributed by atoms with Crippen molar-refractivity contribution in [2.75, 3.05) is 13.1 Å². The van der Waals surface area contributed by atoms with E-state index in [-0.39, 0.29) is 0 Å². The van der Waals surface area contributed by atoms with Crippen molar-refractivity contribution in [3.63, 3.8) is 0 Å². The first-order valence-electron chi connectivity index (χ1n) is 4.35. The van der Waals surface area contributed by atoms with Crippen molar-refractivity contribution in [2.45, 2.75) is 26.8 Å². The molecule has 1 aliphatic rings. The summed E-state index contributed by atoms with van der Waals surface area (Å²) in [6, 6.07) is 0.649. The standard InChI is InChI=1S/C10H17N/c1-5-10-7-11(8(2)3)6-9(10)4/h1,8-10H,6-7H2,2-4H3/t9-,10+/m1/s1. The van der Waals surface area contributed by atoms with Crippen LogP contribution in [0.2, 0.25) is 0 Å². The van der Waals surface area contributed by atoms with Gasteiger partial charge in [0, 0.05) is 25.0 Å². The second-order valence-corrected chi connectivity index (χ2v) is 3.80. The Kier molecular flexibility index (Phi) is 2.57. The Morgan fingerprint density at radius 1 is 1.45 bits per heavy atom. The minimum atomic E-state index is 0.484. The summed E-state index contributed by atoms with van der Waals surface area (Å²) in [6.07, 6.45) is 5.41. The van der Waals surface area contributed by atoms with Crippen molar-refractivity contribution in [3.05, 3.63) is 0 Å². The third kappa shape index (κ3) is 1.75. The molecule has 1 heterocycles. The van der Waals surface area contributed by atoms with Crippen molar-refractivity contribution in [1.82, 2.24) is 4.90 Å². The lowest BCUT2D eigenvalue weighted by atomic mass is 10.00. The summed E-state index contributed by atoms with van der Waals surface area (Å²) < 4.78 is 0. The molecular weight excluding hydrogens is 134 g/mol. The molecule has 0 aromatic carbocycles. The summed E-state index contributed by atoms with van der Waals surface area (Å²) in [5.41, 5.74) is 0. The molecule has 11 heavy (non-hydrogen) atoms. The maximum absolute atomic E-state index is 5.41. The van der Waals surface area contributed by atoms with Crippen molar-refractivity contribution in [3.8, 4) is 12.3 Å². The van der Waals surface area contributed by atoms with Crippen LogP contribution >= 0.6 is 0 Å². The number of nitrogens with zero attached hydrogens (tertiary/aromatic N) is 1. The molecule has 62 valence electrons. The molecule has 1 heteroatoms. The topological polar surface area (TPSA) is 3.24 Å². The minimum absolute atomic E-state index is 0.484. The zero-order valence-corrected chi connectivity index (χ0v) is 7.67. The van der Waals surface area contributed by atoms with Crippen molar-refractivity contribution < 1.29 is 0 Å². The Morgan fingerprint density at radius 3 is 2.36 bits per heavy atom. The first-order chi connectivity index (χ1) is 5.15. The first kappa shape index (κ1) is 8.62. The van der Waals surface area contributed by atoms with E-state index in [9.17, 15) is 0 Å². The summed E-state index contributed by atoms with van der Waals surface area (Å²) in [5.74, 6) is 4.02. The SMILES string of the molecule is C#C[C@H]1CN(C(C)C)C[C@H]1C. The van der Waals surface area contributed by atoms with Gasteiger partial charge in [0.2, 0.25) is 0 Å². The number of hydrogen-bond acceptors (Lipinski definition) is 1. The van der Waals surface area contributed by atoms with Gasteiger partial charge in [-0.1, -0.05) is 6.92 Å².